The summed E-state index contributed by atoms with van der Waals surface area (Å²) in [6.07, 6.45) is 0.937. The van der Waals surface area contributed by atoms with Crippen molar-refractivity contribution < 1.29 is 18.7 Å². The third-order valence-electron chi connectivity index (χ3n) is 3.09. The number of anilines is 1. The molecule has 0 radical (unpaired) electrons. The van der Waals surface area contributed by atoms with Gasteiger partial charge in [0.1, 0.15) is 5.82 Å². The fourth-order valence-corrected chi connectivity index (χ4v) is 3.14. The zero-order chi connectivity index (χ0) is 14.0. The van der Waals surface area contributed by atoms with Gasteiger partial charge in [0.15, 0.2) is 0 Å². The molecule has 2 rings (SSSR count). The zero-order valence-electron chi connectivity index (χ0n) is 10.8. The lowest BCUT2D eigenvalue weighted by molar-refractivity contribution is 0.0601. The molecule has 1 fully saturated rings. The number of nitrogens with two attached hydrogens (primary N) is 1. The van der Waals surface area contributed by atoms with E-state index in [0.717, 1.165) is 12.5 Å². The molecule has 1 heterocycles. The van der Waals surface area contributed by atoms with Crippen LogP contribution >= 0.6 is 11.8 Å². The van der Waals surface area contributed by atoms with Gasteiger partial charge in [0.2, 0.25) is 0 Å². The fourth-order valence-electron chi connectivity index (χ4n) is 1.98. The second kappa shape index (κ2) is 5.79. The van der Waals surface area contributed by atoms with Gasteiger partial charge in [-0.3, -0.25) is 0 Å². The van der Waals surface area contributed by atoms with Gasteiger partial charge >= 0.3 is 5.97 Å². The lowest BCUT2D eigenvalue weighted by Crippen LogP contribution is -2.14. The molecule has 2 N–H and O–H groups in total. The number of hydrogen-bond acceptors (Lipinski definition) is 5. The summed E-state index contributed by atoms with van der Waals surface area (Å²) in [6.45, 7) is 2.64. The summed E-state index contributed by atoms with van der Waals surface area (Å²) >= 11 is 1.37. The van der Waals surface area contributed by atoms with E-state index in [0.29, 0.717) is 11.5 Å². The van der Waals surface area contributed by atoms with Gasteiger partial charge in [-0.25, -0.2) is 9.18 Å². The van der Waals surface area contributed by atoms with Crippen molar-refractivity contribution in [1.82, 2.24) is 0 Å². The van der Waals surface area contributed by atoms with Crippen LogP contribution in [0.15, 0.2) is 17.0 Å². The third kappa shape index (κ3) is 3.01. The number of rotatable bonds is 3. The summed E-state index contributed by atoms with van der Waals surface area (Å²) < 4.78 is 24.0. The van der Waals surface area contributed by atoms with Crippen molar-refractivity contribution in [1.29, 1.82) is 0 Å². The second-order valence-corrected chi connectivity index (χ2v) is 5.66. The Hall–Kier alpha value is -1.27. The van der Waals surface area contributed by atoms with Gasteiger partial charge in [0.05, 0.1) is 18.8 Å². The van der Waals surface area contributed by atoms with Gasteiger partial charge < -0.3 is 15.2 Å². The SMILES string of the molecule is COC(=O)c1cc(SC2CCOC2C)c(F)cc1N. The Labute approximate surface area is 115 Å². The summed E-state index contributed by atoms with van der Waals surface area (Å²) in [5, 5.41) is 0.184. The Kier molecular flexibility index (Phi) is 4.31. The van der Waals surface area contributed by atoms with Crippen LogP contribution in [-0.2, 0) is 9.47 Å². The molecule has 6 heteroatoms. The molecule has 0 saturated carbocycles. The topological polar surface area (TPSA) is 61.5 Å². The van der Waals surface area contributed by atoms with E-state index in [-0.39, 0.29) is 22.6 Å². The van der Waals surface area contributed by atoms with Crippen LogP contribution in [-0.4, -0.2) is 31.0 Å². The number of halogens is 1. The molecule has 1 saturated heterocycles. The first-order chi connectivity index (χ1) is 9.02. The van der Waals surface area contributed by atoms with Crippen molar-refractivity contribution in [2.45, 2.75) is 29.6 Å². The minimum Gasteiger partial charge on any atom is -0.465 e. The van der Waals surface area contributed by atoms with E-state index >= 15 is 0 Å². The molecule has 104 valence electrons. The Bertz CT molecular complexity index is 495. The number of thioether (sulfide) groups is 1. The van der Waals surface area contributed by atoms with Crippen LogP contribution in [0, 0.1) is 5.82 Å². The molecule has 1 aliphatic rings. The van der Waals surface area contributed by atoms with Gasteiger partial charge in [0.25, 0.3) is 0 Å². The van der Waals surface area contributed by atoms with Crippen LogP contribution in [0.4, 0.5) is 10.1 Å². The summed E-state index contributed by atoms with van der Waals surface area (Å²) in [7, 11) is 1.27. The van der Waals surface area contributed by atoms with Crippen LogP contribution in [0.25, 0.3) is 0 Å². The molecule has 2 unspecified atom stereocenters. The number of carbonyl (C=O) groups excluding carboxylic acids is 1. The van der Waals surface area contributed by atoms with Crippen molar-refractivity contribution in [3.8, 4) is 0 Å². The average Bonchev–Trinajstić information content (AvgIpc) is 2.77. The maximum absolute atomic E-state index is 13.9. The molecular weight excluding hydrogens is 269 g/mol. The minimum absolute atomic E-state index is 0.0727. The molecule has 0 amide bonds. The van der Waals surface area contributed by atoms with Crippen LogP contribution < -0.4 is 5.73 Å². The predicted octanol–water partition coefficient (Wildman–Crippen LogP) is 2.46. The van der Waals surface area contributed by atoms with E-state index in [9.17, 15) is 9.18 Å². The minimum atomic E-state index is -0.560. The van der Waals surface area contributed by atoms with Crippen molar-refractivity contribution in [2.75, 3.05) is 19.5 Å². The first kappa shape index (κ1) is 14.1. The zero-order valence-corrected chi connectivity index (χ0v) is 11.6. The van der Waals surface area contributed by atoms with Gasteiger partial charge in [-0.1, -0.05) is 0 Å². The summed E-state index contributed by atoms with van der Waals surface area (Å²) in [5.41, 5.74) is 5.91. The lowest BCUT2D eigenvalue weighted by Gasteiger charge is -2.15. The Morgan fingerprint density at radius 2 is 2.32 bits per heavy atom. The largest absolute Gasteiger partial charge is 0.465 e. The standard InChI is InChI=1S/C13H16FNO3S/c1-7-11(3-4-18-7)19-12-5-8(13(16)17-2)10(15)6-9(12)14/h5-7,11H,3-4,15H2,1-2H3. The average molecular weight is 285 g/mol. The third-order valence-corrected chi connectivity index (χ3v) is 4.58. The number of ether oxygens (including phenoxy) is 2. The number of methoxy groups -OCH3 is 1. The second-order valence-electron chi connectivity index (χ2n) is 4.38. The highest BCUT2D eigenvalue weighted by molar-refractivity contribution is 8.00. The maximum Gasteiger partial charge on any atom is 0.339 e. The number of carbonyl (C=O) groups is 1. The highest BCUT2D eigenvalue weighted by Gasteiger charge is 2.27. The summed E-state index contributed by atoms with van der Waals surface area (Å²) in [6, 6.07) is 2.61. The van der Waals surface area contributed by atoms with E-state index in [1.54, 1.807) is 0 Å². The molecular formula is C13H16FNO3S. The smallest absolute Gasteiger partial charge is 0.339 e. The van der Waals surface area contributed by atoms with Crippen molar-refractivity contribution in [2.24, 2.45) is 0 Å². The quantitative estimate of drug-likeness (QED) is 0.683. The maximum atomic E-state index is 13.9. The highest BCUT2D eigenvalue weighted by Crippen LogP contribution is 2.35. The Balaban J connectivity index is 2.27. The number of esters is 1. The molecule has 0 bridgehead atoms. The van der Waals surface area contributed by atoms with Crippen LogP contribution in [0.2, 0.25) is 0 Å². The van der Waals surface area contributed by atoms with Crippen molar-refractivity contribution in [3.63, 3.8) is 0 Å². The van der Waals surface area contributed by atoms with E-state index in [2.05, 4.69) is 4.74 Å². The van der Waals surface area contributed by atoms with E-state index in [4.69, 9.17) is 10.5 Å². The molecule has 1 aromatic rings. The van der Waals surface area contributed by atoms with Gasteiger partial charge in [-0.05, 0) is 25.5 Å². The van der Waals surface area contributed by atoms with Crippen LogP contribution in [0.5, 0.6) is 0 Å². The fraction of sp³-hybridized carbons (Fsp3) is 0.462. The first-order valence-corrected chi connectivity index (χ1v) is 6.86. The van der Waals surface area contributed by atoms with Crippen LogP contribution in [0.3, 0.4) is 0 Å². The lowest BCUT2D eigenvalue weighted by atomic mass is 10.2. The molecule has 1 aromatic carbocycles. The Morgan fingerprint density at radius 3 is 2.89 bits per heavy atom. The normalized spacial score (nSPS) is 22.5. The molecule has 1 aliphatic heterocycles. The first-order valence-electron chi connectivity index (χ1n) is 5.98. The molecule has 0 aliphatic carbocycles. The Morgan fingerprint density at radius 1 is 1.58 bits per heavy atom. The van der Waals surface area contributed by atoms with E-state index in [1.807, 2.05) is 6.92 Å². The molecule has 19 heavy (non-hydrogen) atoms. The monoisotopic (exact) mass is 285 g/mol. The van der Waals surface area contributed by atoms with Crippen LogP contribution in [0.1, 0.15) is 23.7 Å². The van der Waals surface area contributed by atoms with E-state index < -0.39 is 11.8 Å². The number of benzene rings is 1. The molecule has 0 aromatic heterocycles. The number of nitrogen functional groups attached to an aromatic ring is 1. The summed E-state index contributed by atoms with van der Waals surface area (Å²) in [4.78, 5) is 11.9. The van der Waals surface area contributed by atoms with E-state index in [1.165, 1.54) is 24.9 Å². The van der Waals surface area contributed by atoms with Crippen molar-refractivity contribution >= 4 is 23.4 Å². The molecule has 4 nitrogen and oxygen atoms in total. The highest BCUT2D eigenvalue weighted by atomic mass is 32.2. The predicted molar refractivity (Wildman–Crippen MR) is 71.8 cm³/mol. The summed E-state index contributed by atoms with van der Waals surface area (Å²) in [5.74, 6) is -0.982. The van der Waals surface area contributed by atoms with Crippen molar-refractivity contribution in [3.05, 3.63) is 23.5 Å². The molecule has 2 atom stereocenters. The van der Waals surface area contributed by atoms with Gasteiger partial charge in [-0.2, -0.15) is 0 Å². The van der Waals surface area contributed by atoms with Gasteiger partial charge in [-0.15, -0.1) is 11.8 Å². The van der Waals surface area contributed by atoms with Gasteiger partial charge in [0, 0.05) is 22.4 Å². The molecule has 0 spiro atoms. The number of hydrogen-bond donors (Lipinski definition) is 1.